The van der Waals surface area contributed by atoms with E-state index < -0.39 is 11.8 Å². The second kappa shape index (κ2) is 6.39. The molecule has 0 amide bonds. The number of benzene rings is 2. The van der Waals surface area contributed by atoms with E-state index in [0.29, 0.717) is 5.56 Å². The van der Waals surface area contributed by atoms with Crippen molar-refractivity contribution < 1.29 is 18.7 Å². The van der Waals surface area contributed by atoms with Crippen LogP contribution in [0.4, 0.5) is 4.39 Å². The third-order valence-electron chi connectivity index (χ3n) is 2.69. The summed E-state index contributed by atoms with van der Waals surface area (Å²) >= 11 is 5.66. The predicted molar refractivity (Wildman–Crippen MR) is 73.5 cm³/mol. The number of rotatable bonds is 4. The molecule has 0 aliphatic rings. The van der Waals surface area contributed by atoms with Gasteiger partial charge in [-0.25, -0.2) is 9.18 Å². The van der Waals surface area contributed by atoms with Crippen LogP contribution in [0.5, 0.6) is 5.75 Å². The van der Waals surface area contributed by atoms with Crippen molar-refractivity contribution in [1.29, 1.82) is 0 Å². The van der Waals surface area contributed by atoms with Crippen LogP contribution >= 0.6 is 11.6 Å². The maximum Gasteiger partial charge on any atom is 0.337 e. The molecule has 0 aliphatic heterocycles. The molecule has 0 fully saturated rings. The van der Waals surface area contributed by atoms with Crippen molar-refractivity contribution in [2.45, 2.75) is 6.61 Å². The lowest BCUT2D eigenvalue weighted by atomic mass is 10.1. The van der Waals surface area contributed by atoms with Crippen LogP contribution in [-0.2, 0) is 11.3 Å². The molecule has 0 atom stereocenters. The number of hydrogen-bond acceptors (Lipinski definition) is 3. The van der Waals surface area contributed by atoms with E-state index >= 15 is 0 Å². The van der Waals surface area contributed by atoms with Crippen LogP contribution in [0, 0.1) is 5.82 Å². The molecule has 0 N–H and O–H groups in total. The molecule has 2 aromatic rings. The Labute approximate surface area is 120 Å². The first-order chi connectivity index (χ1) is 9.61. The summed E-state index contributed by atoms with van der Waals surface area (Å²) in [4.78, 5) is 11.3. The zero-order chi connectivity index (χ0) is 14.5. The van der Waals surface area contributed by atoms with Gasteiger partial charge in [-0.3, -0.25) is 0 Å². The van der Waals surface area contributed by atoms with E-state index in [9.17, 15) is 9.18 Å². The summed E-state index contributed by atoms with van der Waals surface area (Å²) in [5.74, 6) is -0.895. The summed E-state index contributed by atoms with van der Waals surface area (Å²) in [6.07, 6.45) is 0. The highest BCUT2D eigenvalue weighted by molar-refractivity contribution is 6.30. The maximum atomic E-state index is 13.6. The lowest BCUT2D eigenvalue weighted by Gasteiger charge is -2.08. The van der Waals surface area contributed by atoms with E-state index in [4.69, 9.17) is 16.3 Å². The van der Waals surface area contributed by atoms with Gasteiger partial charge in [0.2, 0.25) is 0 Å². The van der Waals surface area contributed by atoms with E-state index in [-0.39, 0.29) is 17.4 Å². The molecule has 3 nitrogen and oxygen atoms in total. The van der Waals surface area contributed by atoms with Crippen molar-refractivity contribution in [3.8, 4) is 5.75 Å². The topological polar surface area (TPSA) is 35.5 Å². The number of ether oxygens (including phenoxy) is 2. The van der Waals surface area contributed by atoms with Crippen molar-refractivity contribution in [3.63, 3.8) is 0 Å². The van der Waals surface area contributed by atoms with Gasteiger partial charge in [0.25, 0.3) is 0 Å². The maximum absolute atomic E-state index is 13.6. The molecular weight excluding hydrogens is 283 g/mol. The molecule has 0 saturated carbocycles. The minimum absolute atomic E-state index is 0.0172. The van der Waals surface area contributed by atoms with Gasteiger partial charge in [0.15, 0.2) is 11.6 Å². The lowest BCUT2D eigenvalue weighted by molar-refractivity contribution is 0.0600. The normalized spacial score (nSPS) is 10.2. The molecule has 0 aliphatic carbocycles. The van der Waals surface area contributed by atoms with Gasteiger partial charge in [0.05, 0.1) is 17.7 Å². The molecule has 0 radical (unpaired) electrons. The monoisotopic (exact) mass is 294 g/mol. The first-order valence-corrected chi connectivity index (χ1v) is 6.23. The fraction of sp³-hybridized carbons (Fsp3) is 0.133. The van der Waals surface area contributed by atoms with Crippen LogP contribution in [0.3, 0.4) is 0 Å². The molecule has 0 saturated heterocycles. The van der Waals surface area contributed by atoms with E-state index in [1.807, 2.05) is 0 Å². The van der Waals surface area contributed by atoms with Gasteiger partial charge in [-0.1, -0.05) is 29.8 Å². The quantitative estimate of drug-likeness (QED) is 0.804. The van der Waals surface area contributed by atoms with Crippen LogP contribution in [0.25, 0.3) is 0 Å². The molecule has 20 heavy (non-hydrogen) atoms. The Balaban J connectivity index is 2.04. The molecule has 2 rings (SSSR count). The Kier molecular flexibility index (Phi) is 4.58. The van der Waals surface area contributed by atoms with Gasteiger partial charge in [-0.15, -0.1) is 0 Å². The Hall–Kier alpha value is -2.07. The third-order valence-corrected chi connectivity index (χ3v) is 2.98. The molecule has 104 valence electrons. The zero-order valence-corrected chi connectivity index (χ0v) is 11.5. The highest BCUT2D eigenvalue weighted by Gasteiger charge is 2.08. The summed E-state index contributed by atoms with van der Waals surface area (Å²) in [6, 6.07) is 11.3. The Bertz CT molecular complexity index is 611. The zero-order valence-electron chi connectivity index (χ0n) is 10.7. The van der Waals surface area contributed by atoms with Crippen LogP contribution < -0.4 is 4.74 Å². The fourth-order valence-corrected chi connectivity index (χ4v) is 1.78. The lowest BCUT2D eigenvalue weighted by Crippen LogP contribution is -2.02. The summed E-state index contributed by atoms with van der Waals surface area (Å²) < 4.78 is 23.6. The predicted octanol–water partition coefficient (Wildman–Crippen LogP) is 3.84. The molecule has 0 unspecified atom stereocenters. The van der Waals surface area contributed by atoms with Crippen LogP contribution in [-0.4, -0.2) is 13.1 Å². The Morgan fingerprint density at radius 1 is 1.20 bits per heavy atom. The summed E-state index contributed by atoms with van der Waals surface area (Å²) in [5.41, 5.74) is 1.25. The number of carbonyl (C=O) groups excluding carboxylic acids is 1. The van der Waals surface area contributed by atoms with Gasteiger partial charge in [0.1, 0.15) is 6.61 Å². The number of hydrogen-bond donors (Lipinski definition) is 0. The van der Waals surface area contributed by atoms with Crippen LogP contribution in [0.2, 0.25) is 5.02 Å². The Morgan fingerprint density at radius 2 is 1.90 bits per heavy atom. The highest BCUT2D eigenvalue weighted by Crippen LogP contribution is 2.24. The first-order valence-electron chi connectivity index (χ1n) is 5.86. The molecule has 5 heteroatoms. The standard InChI is InChI=1S/C15H12ClFO3/c1-19-15(18)11-7-5-10(6-8-11)9-20-13-4-2-3-12(16)14(13)17/h2-8H,9H2,1H3. The SMILES string of the molecule is COC(=O)c1ccc(COc2cccc(Cl)c2F)cc1. The highest BCUT2D eigenvalue weighted by atomic mass is 35.5. The smallest absolute Gasteiger partial charge is 0.337 e. The average Bonchev–Trinajstić information content (AvgIpc) is 2.48. The van der Waals surface area contributed by atoms with Crippen molar-refractivity contribution in [2.24, 2.45) is 0 Å². The second-order valence-corrected chi connectivity index (χ2v) is 4.44. The van der Waals surface area contributed by atoms with Crippen molar-refractivity contribution >= 4 is 17.6 Å². The minimum atomic E-state index is -0.583. The number of methoxy groups -OCH3 is 1. The molecule has 0 aromatic heterocycles. The summed E-state index contributed by atoms with van der Waals surface area (Å²) in [5, 5.41) is 0.0172. The van der Waals surface area contributed by atoms with Gasteiger partial charge in [-0.05, 0) is 29.8 Å². The molecule has 2 aromatic carbocycles. The molecule has 0 heterocycles. The summed E-state index contributed by atoms with van der Waals surface area (Å²) in [6.45, 7) is 0.179. The molecule has 0 spiro atoms. The van der Waals surface area contributed by atoms with Gasteiger partial charge >= 0.3 is 5.97 Å². The van der Waals surface area contributed by atoms with E-state index in [2.05, 4.69) is 4.74 Å². The first kappa shape index (κ1) is 14.3. The number of esters is 1. The summed E-state index contributed by atoms with van der Waals surface area (Å²) in [7, 11) is 1.32. The Morgan fingerprint density at radius 3 is 2.55 bits per heavy atom. The largest absolute Gasteiger partial charge is 0.486 e. The minimum Gasteiger partial charge on any atom is -0.486 e. The second-order valence-electron chi connectivity index (χ2n) is 4.03. The van der Waals surface area contributed by atoms with Gasteiger partial charge < -0.3 is 9.47 Å². The van der Waals surface area contributed by atoms with Crippen molar-refractivity contribution in [3.05, 3.63) is 64.4 Å². The van der Waals surface area contributed by atoms with E-state index in [1.165, 1.54) is 19.2 Å². The van der Waals surface area contributed by atoms with Crippen LogP contribution in [0.15, 0.2) is 42.5 Å². The van der Waals surface area contributed by atoms with E-state index in [1.54, 1.807) is 30.3 Å². The number of carbonyl (C=O) groups is 1. The van der Waals surface area contributed by atoms with Gasteiger partial charge in [-0.2, -0.15) is 0 Å². The van der Waals surface area contributed by atoms with E-state index in [0.717, 1.165) is 5.56 Å². The molecular formula is C15H12ClFO3. The number of halogens is 2. The van der Waals surface area contributed by atoms with Crippen molar-refractivity contribution in [1.82, 2.24) is 0 Å². The average molecular weight is 295 g/mol. The van der Waals surface area contributed by atoms with Crippen molar-refractivity contribution in [2.75, 3.05) is 7.11 Å². The van der Waals surface area contributed by atoms with Crippen LogP contribution in [0.1, 0.15) is 15.9 Å². The fourth-order valence-electron chi connectivity index (χ4n) is 1.61. The third kappa shape index (κ3) is 3.27. The molecule has 0 bridgehead atoms. The van der Waals surface area contributed by atoms with Gasteiger partial charge in [0, 0.05) is 0 Å².